The van der Waals surface area contributed by atoms with Gasteiger partial charge in [0.25, 0.3) is 10.0 Å². The summed E-state index contributed by atoms with van der Waals surface area (Å²) in [5.41, 5.74) is 1.47. The highest BCUT2D eigenvalue weighted by molar-refractivity contribution is 7.91. The van der Waals surface area contributed by atoms with Crippen molar-refractivity contribution >= 4 is 32.7 Å². The lowest BCUT2D eigenvalue weighted by Crippen LogP contribution is -2.47. The first-order chi connectivity index (χ1) is 11.5. The van der Waals surface area contributed by atoms with E-state index in [4.69, 9.17) is 0 Å². The highest BCUT2D eigenvalue weighted by atomic mass is 32.2. The van der Waals surface area contributed by atoms with Gasteiger partial charge in [0.2, 0.25) is 0 Å². The maximum absolute atomic E-state index is 12.7. The summed E-state index contributed by atoms with van der Waals surface area (Å²) in [5, 5.41) is 2.19. The molecule has 130 valence electrons. The molecule has 0 aromatic carbocycles. The van der Waals surface area contributed by atoms with Crippen LogP contribution in [-0.2, 0) is 23.0 Å². The van der Waals surface area contributed by atoms with Crippen molar-refractivity contribution in [3.8, 4) is 0 Å². The van der Waals surface area contributed by atoms with Gasteiger partial charge in [-0.25, -0.2) is 8.42 Å². The van der Waals surface area contributed by atoms with E-state index in [1.54, 1.807) is 10.4 Å². The number of piperidine rings is 1. The second-order valence-electron chi connectivity index (χ2n) is 6.59. The Kier molecular flexibility index (Phi) is 4.55. The standard InChI is InChI=1S/C17H22N2O2S3/c1-13-2-3-17(23-13)24(20,21)19-9-4-15(5-10-19)18-8-6-16-14(12-18)7-11-22-16/h2-3,7,11,15H,4-6,8-10,12H2,1H3. The fourth-order valence-corrected chi connectivity index (χ4v) is 7.50. The van der Waals surface area contributed by atoms with Crippen LogP contribution in [-0.4, -0.2) is 43.3 Å². The molecule has 0 N–H and O–H groups in total. The number of hydrogen-bond donors (Lipinski definition) is 0. The largest absolute Gasteiger partial charge is 0.296 e. The van der Waals surface area contributed by atoms with E-state index in [2.05, 4.69) is 16.3 Å². The molecule has 24 heavy (non-hydrogen) atoms. The molecule has 2 aliphatic heterocycles. The first-order valence-corrected chi connectivity index (χ1v) is 11.5. The minimum atomic E-state index is -3.30. The molecule has 0 unspecified atom stereocenters. The van der Waals surface area contributed by atoms with Crippen LogP contribution in [0.25, 0.3) is 0 Å². The van der Waals surface area contributed by atoms with Crippen molar-refractivity contribution < 1.29 is 8.42 Å². The van der Waals surface area contributed by atoms with Crippen LogP contribution >= 0.6 is 22.7 Å². The van der Waals surface area contributed by atoms with Gasteiger partial charge in [-0.15, -0.1) is 22.7 Å². The molecule has 0 spiro atoms. The van der Waals surface area contributed by atoms with Crippen LogP contribution in [0.1, 0.15) is 28.2 Å². The summed E-state index contributed by atoms with van der Waals surface area (Å²) in [5.74, 6) is 0. The zero-order valence-corrected chi connectivity index (χ0v) is 16.2. The van der Waals surface area contributed by atoms with Crippen LogP contribution < -0.4 is 0 Å². The first-order valence-electron chi connectivity index (χ1n) is 8.40. The molecule has 7 heteroatoms. The number of fused-ring (bicyclic) bond motifs is 1. The number of nitrogens with zero attached hydrogens (tertiary/aromatic N) is 2. The summed E-state index contributed by atoms with van der Waals surface area (Å²) in [6.45, 7) is 5.36. The Morgan fingerprint density at radius 3 is 2.62 bits per heavy atom. The van der Waals surface area contributed by atoms with Crippen molar-refractivity contribution in [3.63, 3.8) is 0 Å². The van der Waals surface area contributed by atoms with Crippen molar-refractivity contribution in [1.82, 2.24) is 9.21 Å². The summed E-state index contributed by atoms with van der Waals surface area (Å²) in [4.78, 5) is 5.12. The molecular weight excluding hydrogens is 360 g/mol. The van der Waals surface area contributed by atoms with Crippen molar-refractivity contribution in [2.75, 3.05) is 19.6 Å². The molecule has 0 amide bonds. The fraction of sp³-hybridized carbons (Fsp3) is 0.529. The van der Waals surface area contributed by atoms with Gasteiger partial charge in [0, 0.05) is 42.0 Å². The summed E-state index contributed by atoms with van der Waals surface area (Å²) >= 11 is 3.24. The van der Waals surface area contributed by atoms with E-state index >= 15 is 0 Å². The summed E-state index contributed by atoms with van der Waals surface area (Å²) in [7, 11) is -3.30. The van der Waals surface area contributed by atoms with Crippen molar-refractivity contribution in [3.05, 3.63) is 38.9 Å². The molecule has 2 aromatic rings. The van der Waals surface area contributed by atoms with Gasteiger partial charge in [-0.3, -0.25) is 4.90 Å². The van der Waals surface area contributed by atoms with Gasteiger partial charge in [-0.1, -0.05) is 0 Å². The number of aryl methyl sites for hydroxylation is 1. The van der Waals surface area contributed by atoms with Crippen LogP contribution in [0.2, 0.25) is 0 Å². The number of rotatable bonds is 3. The molecule has 4 rings (SSSR count). The number of sulfonamides is 1. The van der Waals surface area contributed by atoms with E-state index < -0.39 is 10.0 Å². The van der Waals surface area contributed by atoms with Gasteiger partial charge < -0.3 is 0 Å². The third-order valence-corrected chi connectivity index (χ3v) is 9.48. The van der Waals surface area contributed by atoms with Gasteiger partial charge in [0.15, 0.2) is 0 Å². The van der Waals surface area contributed by atoms with Gasteiger partial charge in [-0.2, -0.15) is 4.31 Å². The topological polar surface area (TPSA) is 40.6 Å². The molecule has 0 radical (unpaired) electrons. The summed E-state index contributed by atoms with van der Waals surface area (Å²) in [6.07, 6.45) is 3.01. The summed E-state index contributed by atoms with van der Waals surface area (Å²) in [6, 6.07) is 6.38. The van der Waals surface area contributed by atoms with Crippen LogP contribution in [0.3, 0.4) is 0 Å². The smallest absolute Gasteiger partial charge is 0.252 e. The lowest BCUT2D eigenvalue weighted by atomic mass is 10.0. The molecule has 1 fully saturated rings. The Bertz CT molecular complexity index is 817. The van der Waals surface area contributed by atoms with E-state index in [0.29, 0.717) is 23.3 Å². The molecule has 1 saturated heterocycles. The molecule has 2 aliphatic rings. The molecular formula is C17H22N2O2S3. The lowest BCUT2D eigenvalue weighted by Gasteiger charge is -2.39. The second kappa shape index (κ2) is 6.53. The van der Waals surface area contributed by atoms with Crippen LogP contribution in [0, 0.1) is 6.92 Å². The molecule has 0 saturated carbocycles. The van der Waals surface area contributed by atoms with E-state index in [9.17, 15) is 8.42 Å². The maximum atomic E-state index is 12.7. The summed E-state index contributed by atoms with van der Waals surface area (Å²) < 4.78 is 27.6. The Morgan fingerprint density at radius 1 is 1.12 bits per heavy atom. The Labute approximate surface area is 151 Å². The molecule has 0 aliphatic carbocycles. The second-order valence-corrected chi connectivity index (χ2v) is 11.0. The number of thiophene rings is 2. The number of hydrogen-bond acceptors (Lipinski definition) is 5. The van der Waals surface area contributed by atoms with Crippen molar-refractivity contribution in [2.24, 2.45) is 0 Å². The Balaban J connectivity index is 1.40. The first kappa shape index (κ1) is 16.7. The van der Waals surface area contributed by atoms with Crippen molar-refractivity contribution in [2.45, 2.75) is 43.0 Å². The Morgan fingerprint density at radius 2 is 1.92 bits per heavy atom. The van der Waals surface area contributed by atoms with Gasteiger partial charge in [0.1, 0.15) is 4.21 Å². The Hall–Kier alpha value is -0.730. The van der Waals surface area contributed by atoms with E-state index in [1.165, 1.54) is 21.8 Å². The molecule has 2 aromatic heterocycles. The lowest BCUT2D eigenvalue weighted by molar-refractivity contribution is 0.127. The third-order valence-electron chi connectivity index (χ3n) is 5.09. The average molecular weight is 383 g/mol. The molecule has 4 nitrogen and oxygen atoms in total. The van der Waals surface area contributed by atoms with Gasteiger partial charge >= 0.3 is 0 Å². The van der Waals surface area contributed by atoms with E-state index in [0.717, 1.165) is 37.2 Å². The SMILES string of the molecule is Cc1ccc(S(=O)(=O)N2CCC(N3CCc4sccc4C3)CC2)s1. The zero-order chi connectivity index (χ0) is 16.7. The van der Waals surface area contributed by atoms with Crippen LogP contribution in [0.5, 0.6) is 0 Å². The predicted octanol–water partition coefficient (Wildman–Crippen LogP) is 3.33. The highest BCUT2D eigenvalue weighted by Gasteiger charge is 2.33. The minimum absolute atomic E-state index is 0.485. The zero-order valence-electron chi connectivity index (χ0n) is 13.8. The monoisotopic (exact) mass is 382 g/mol. The molecule has 4 heterocycles. The molecule has 0 atom stereocenters. The minimum Gasteiger partial charge on any atom is -0.296 e. The fourth-order valence-electron chi connectivity index (χ4n) is 3.71. The average Bonchev–Trinajstić information content (AvgIpc) is 3.23. The normalized spacial score (nSPS) is 21.0. The van der Waals surface area contributed by atoms with E-state index in [-0.39, 0.29) is 0 Å². The van der Waals surface area contributed by atoms with Gasteiger partial charge in [-0.05, 0) is 55.3 Å². The van der Waals surface area contributed by atoms with Crippen LogP contribution in [0.15, 0.2) is 27.8 Å². The highest BCUT2D eigenvalue weighted by Crippen LogP contribution is 2.30. The predicted molar refractivity (Wildman–Crippen MR) is 99.3 cm³/mol. The van der Waals surface area contributed by atoms with Crippen LogP contribution in [0.4, 0.5) is 0 Å². The van der Waals surface area contributed by atoms with Crippen molar-refractivity contribution in [1.29, 1.82) is 0 Å². The van der Waals surface area contributed by atoms with E-state index in [1.807, 2.05) is 24.3 Å². The quantitative estimate of drug-likeness (QED) is 0.818. The maximum Gasteiger partial charge on any atom is 0.252 e. The molecule has 0 bridgehead atoms. The third kappa shape index (κ3) is 3.08. The van der Waals surface area contributed by atoms with Gasteiger partial charge in [0.05, 0.1) is 0 Å².